The van der Waals surface area contributed by atoms with E-state index in [4.69, 9.17) is 16.3 Å². The number of fused-ring (bicyclic) bond motifs is 3. The second-order valence-electron chi connectivity index (χ2n) is 10.7. The molecule has 0 spiro atoms. The van der Waals surface area contributed by atoms with Gasteiger partial charge < -0.3 is 25.8 Å². The quantitative estimate of drug-likeness (QED) is 0.314. The molecule has 0 radical (unpaired) electrons. The molecule has 4 saturated carbocycles. The van der Waals surface area contributed by atoms with E-state index in [1.807, 2.05) is 0 Å². The first kappa shape index (κ1) is 26.9. The first-order valence-corrected chi connectivity index (χ1v) is 12.9. The number of hydrogen-bond acceptors (Lipinski definition) is 5. The summed E-state index contributed by atoms with van der Waals surface area (Å²) in [6, 6.07) is -0.691. The lowest BCUT2D eigenvalue weighted by atomic mass is 9.59. The Labute approximate surface area is 207 Å². The van der Waals surface area contributed by atoms with Crippen LogP contribution in [0.3, 0.4) is 0 Å². The maximum Gasteiger partial charge on any atom is 0.393 e. The van der Waals surface area contributed by atoms with Gasteiger partial charge in [0.05, 0.1) is 35.1 Å². The summed E-state index contributed by atoms with van der Waals surface area (Å²) in [5.41, 5.74) is -1.45. The Morgan fingerprint density at radius 1 is 1.09 bits per heavy atom. The van der Waals surface area contributed by atoms with Crippen molar-refractivity contribution >= 4 is 23.4 Å². The van der Waals surface area contributed by atoms with Gasteiger partial charge >= 0.3 is 6.18 Å². The molecule has 0 aromatic heterocycles. The van der Waals surface area contributed by atoms with Gasteiger partial charge in [0.1, 0.15) is 12.8 Å². The number of aliphatic hydroxyl groups is 1. The van der Waals surface area contributed by atoms with Crippen LogP contribution in [0, 0.1) is 5.92 Å². The van der Waals surface area contributed by atoms with E-state index in [-0.39, 0.29) is 56.8 Å². The highest BCUT2D eigenvalue weighted by Gasteiger charge is 2.55. The van der Waals surface area contributed by atoms with Gasteiger partial charge in [-0.25, -0.2) is 4.39 Å². The Balaban J connectivity index is 1.24. The van der Waals surface area contributed by atoms with Crippen LogP contribution in [-0.2, 0) is 14.3 Å². The Kier molecular flexibility index (Phi) is 7.91. The second-order valence-corrected chi connectivity index (χ2v) is 11.3. The smallest absolute Gasteiger partial charge is 0.391 e. The minimum absolute atomic E-state index is 0.0965. The summed E-state index contributed by atoms with van der Waals surface area (Å²) in [4.78, 5) is 25.4. The average Bonchev–Trinajstić information content (AvgIpc) is 2.80. The van der Waals surface area contributed by atoms with E-state index in [0.29, 0.717) is 38.5 Å². The van der Waals surface area contributed by atoms with Crippen LogP contribution in [0.1, 0.15) is 64.2 Å². The molecular formula is C23H34ClF4N3O4. The third-order valence-corrected chi connectivity index (χ3v) is 8.88. The minimum Gasteiger partial charge on any atom is -0.391 e. The number of nitrogens with one attached hydrogen (secondary N) is 3. The number of carbonyl (C=O) groups excluding carboxylic acids is 2. The van der Waals surface area contributed by atoms with Gasteiger partial charge in [-0.05, 0) is 57.8 Å². The third kappa shape index (κ3) is 6.05. The van der Waals surface area contributed by atoms with Crippen LogP contribution < -0.4 is 16.0 Å². The molecule has 4 aliphatic carbocycles. The number of hydrogen-bond donors (Lipinski definition) is 4. The summed E-state index contributed by atoms with van der Waals surface area (Å²) in [7, 11) is 0. The number of alkyl halides is 5. The zero-order valence-electron chi connectivity index (χ0n) is 19.5. The Morgan fingerprint density at radius 3 is 2.37 bits per heavy atom. The minimum atomic E-state index is -4.28. The monoisotopic (exact) mass is 527 g/mol. The van der Waals surface area contributed by atoms with Crippen LogP contribution >= 0.6 is 11.6 Å². The fourth-order valence-corrected chi connectivity index (χ4v) is 6.30. The number of aliphatic hydroxyl groups excluding tert-OH is 1. The Bertz CT molecular complexity index is 785. The van der Waals surface area contributed by atoms with Crippen molar-refractivity contribution < 1.29 is 37.0 Å². The van der Waals surface area contributed by atoms with Crippen LogP contribution in [0.2, 0.25) is 0 Å². The lowest BCUT2D eigenvalue weighted by Crippen LogP contribution is -2.71. The van der Waals surface area contributed by atoms with E-state index < -0.39 is 46.9 Å². The van der Waals surface area contributed by atoms with Crippen molar-refractivity contribution in [3.05, 3.63) is 0 Å². The van der Waals surface area contributed by atoms with Crippen molar-refractivity contribution in [1.82, 2.24) is 16.0 Å². The zero-order chi connectivity index (χ0) is 25.4. The number of rotatable bonds is 6. The molecule has 7 nitrogen and oxygen atoms in total. The van der Waals surface area contributed by atoms with Crippen molar-refractivity contribution in [3.63, 3.8) is 0 Å². The van der Waals surface area contributed by atoms with Crippen molar-refractivity contribution in [1.29, 1.82) is 0 Å². The highest BCUT2D eigenvalue weighted by molar-refractivity contribution is 6.21. The lowest BCUT2D eigenvalue weighted by Gasteiger charge is -2.56. The fraction of sp³-hybridized carbons (Fsp3) is 0.913. The molecule has 5 aliphatic rings. The number of halogens is 5. The number of piperidine rings is 1. The molecule has 1 heterocycles. The average molecular weight is 528 g/mol. The molecule has 5 fully saturated rings. The maximum atomic E-state index is 13.8. The standard InChI is InChI=1S/C23H34ClF4N3O4/c24-15-3-2-14(9-16(15)25)35-12-19(33)30-22-7-5-21(6-8-22,10-18(22)32)31-20(34)17-4-1-13(11-29-17)23(26,27)28/h13-18,29,32H,1-12H2,(H,30,33)(H,31,34)/t13?,14?,15?,16?,17?,18-,21?,22?/m0/s1. The molecular weight excluding hydrogens is 494 g/mol. The molecule has 5 rings (SSSR count). The van der Waals surface area contributed by atoms with Crippen molar-refractivity contribution in [3.8, 4) is 0 Å². The molecule has 12 heteroatoms. The first-order chi connectivity index (χ1) is 16.4. The molecule has 1 aliphatic heterocycles. The third-order valence-electron chi connectivity index (χ3n) is 8.39. The van der Waals surface area contributed by atoms with Crippen LogP contribution in [0.25, 0.3) is 0 Å². The van der Waals surface area contributed by atoms with Crippen molar-refractivity contribution in [2.45, 2.75) is 111 Å². The predicted octanol–water partition coefficient (Wildman–Crippen LogP) is 2.48. The number of carbonyl (C=O) groups is 2. The zero-order valence-corrected chi connectivity index (χ0v) is 20.3. The van der Waals surface area contributed by atoms with Crippen LogP contribution in [-0.4, -0.2) is 77.1 Å². The van der Waals surface area contributed by atoms with E-state index >= 15 is 0 Å². The highest BCUT2D eigenvalue weighted by Crippen LogP contribution is 2.47. The van der Waals surface area contributed by atoms with E-state index in [9.17, 15) is 32.3 Å². The topological polar surface area (TPSA) is 99.7 Å². The summed E-state index contributed by atoms with van der Waals surface area (Å²) in [6.07, 6.45) is -3.20. The van der Waals surface area contributed by atoms with Gasteiger partial charge in [0.2, 0.25) is 11.8 Å². The molecule has 5 unspecified atom stereocenters. The number of ether oxygens (including phenoxy) is 1. The molecule has 4 N–H and O–H groups in total. The summed E-state index contributed by atoms with van der Waals surface area (Å²) in [6.45, 7) is -0.513. The molecule has 0 aromatic rings. The van der Waals surface area contributed by atoms with Crippen molar-refractivity contribution in [2.75, 3.05) is 13.2 Å². The normalized spacial score (nSPS) is 41.9. The van der Waals surface area contributed by atoms with E-state index in [2.05, 4.69) is 16.0 Å². The van der Waals surface area contributed by atoms with Gasteiger partial charge in [0.25, 0.3) is 0 Å². The Hall–Kier alpha value is -1.17. The van der Waals surface area contributed by atoms with Gasteiger partial charge in [0.15, 0.2) is 0 Å². The largest absolute Gasteiger partial charge is 0.393 e. The van der Waals surface area contributed by atoms with E-state index in [0.717, 1.165) is 0 Å². The summed E-state index contributed by atoms with van der Waals surface area (Å²) >= 11 is 5.88. The first-order valence-electron chi connectivity index (χ1n) is 12.4. The summed E-state index contributed by atoms with van der Waals surface area (Å²) < 4.78 is 58.0. The summed E-state index contributed by atoms with van der Waals surface area (Å²) in [5.74, 6) is -2.17. The summed E-state index contributed by atoms with van der Waals surface area (Å²) in [5, 5.41) is 19.0. The SMILES string of the molecule is O=C(COC1CCC(Cl)C(F)C1)NC12CCC(NC(=O)C3CCC(C(F)(F)F)CN3)(CC1)C[C@@H]2O. The predicted molar refractivity (Wildman–Crippen MR) is 120 cm³/mol. The van der Waals surface area contributed by atoms with Gasteiger partial charge in [-0.1, -0.05) is 0 Å². The molecule has 2 amide bonds. The van der Waals surface area contributed by atoms with Gasteiger partial charge in [-0.3, -0.25) is 9.59 Å². The number of amides is 2. The molecule has 0 aromatic carbocycles. The van der Waals surface area contributed by atoms with E-state index in [1.165, 1.54) is 0 Å². The molecule has 2 bridgehead atoms. The van der Waals surface area contributed by atoms with Crippen molar-refractivity contribution in [2.24, 2.45) is 5.92 Å². The highest BCUT2D eigenvalue weighted by atomic mass is 35.5. The van der Waals surface area contributed by atoms with E-state index in [1.54, 1.807) is 0 Å². The molecule has 35 heavy (non-hydrogen) atoms. The second kappa shape index (κ2) is 10.3. The van der Waals surface area contributed by atoms with Crippen LogP contribution in [0.4, 0.5) is 17.6 Å². The lowest BCUT2D eigenvalue weighted by molar-refractivity contribution is -0.180. The van der Waals surface area contributed by atoms with Gasteiger partial charge in [0, 0.05) is 18.5 Å². The molecule has 1 saturated heterocycles. The molecule has 200 valence electrons. The van der Waals surface area contributed by atoms with Gasteiger partial charge in [-0.15, -0.1) is 11.6 Å². The Morgan fingerprint density at radius 2 is 1.80 bits per heavy atom. The molecule has 6 atom stereocenters. The van der Waals surface area contributed by atoms with Gasteiger partial charge in [-0.2, -0.15) is 13.2 Å². The van der Waals surface area contributed by atoms with Crippen LogP contribution in [0.5, 0.6) is 0 Å². The maximum absolute atomic E-state index is 13.8. The van der Waals surface area contributed by atoms with Crippen LogP contribution in [0.15, 0.2) is 0 Å². The fourth-order valence-electron chi connectivity index (χ4n) is 6.07.